The molecule has 0 unspecified atom stereocenters. The molecule has 0 saturated heterocycles. The second-order valence-electron chi connectivity index (χ2n) is 4.27. The zero-order chi connectivity index (χ0) is 13.9. The van der Waals surface area contributed by atoms with E-state index in [1.165, 1.54) is 0 Å². The molecule has 108 valence electrons. The van der Waals surface area contributed by atoms with Crippen LogP contribution in [-0.2, 0) is 9.47 Å². The number of para-hydroxylation sites is 1. The summed E-state index contributed by atoms with van der Waals surface area (Å²) in [5.74, 6) is 0.734. The molecule has 0 aliphatic rings. The van der Waals surface area contributed by atoms with Crippen molar-refractivity contribution in [2.24, 2.45) is 0 Å². The Morgan fingerprint density at radius 1 is 1.11 bits per heavy atom. The van der Waals surface area contributed by atoms with Gasteiger partial charge in [0.05, 0.1) is 12.7 Å². The number of benzene rings is 1. The van der Waals surface area contributed by atoms with Crippen LogP contribution < -0.4 is 4.74 Å². The highest BCUT2D eigenvalue weighted by Crippen LogP contribution is 2.26. The van der Waals surface area contributed by atoms with Crippen LogP contribution in [0.3, 0.4) is 0 Å². The second kappa shape index (κ2) is 9.78. The summed E-state index contributed by atoms with van der Waals surface area (Å²) in [6, 6.07) is 7.57. The first-order valence-electron chi connectivity index (χ1n) is 6.76. The average Bonchev–Trinajstić information content (AvgIpc) is 2.46. The Kier molecular flexibility index (Phi) is 8.21. The van der Waals surface area contributed by atoms with E-state index < -0.39 is 6.10 Å². The highest BCUT2D eigenvalue weighted by atomic mass is 16.5. The van der Waals surface area contributed by atoms with Gasteiger partial charge in [-0.05, 0) is 18.9 Å². The summed E-state index contributed by atoms with van der Waals surface area (Å²) in [5.41, 5.74) is 0.837. The smallest absolute Gasteiger partial charge is 0.125 e. The Labute approximate surface area is 115 Å². The molecule has 0 aliphatic heterocycles. The molecule has 0 aromatic heterocycles. The Morgan fingerprint density at radius 2 is 1.89 bits per heavy atom. The molecule has 0 aliphatic carbocycles. The first-order valence-corrected chi connectivity index (χ1v) is 6.76. The highest BCUT2D eigenvalue weighted by Gasteiger charge is 2.10. The van der Waals surface area contributed by atoms with Crippen LogP contribution in [0.4, 0.5) is 0 Å². The zero-order valence-corrected chi connectivity index (χ0v) is 11.8. The normalized spacial score (nSPS) is 12.4. The summed E-state index contributed by atoms with van der Waals surface area (Å²) in [6.45, 7) is 4.36. The average molecular weight is 268 g/mol. The molecule has 0 radical (unpaired) electrons. The van der Waals surface area contributed by atoms with Crippen LogP contribution in [-0.4, -0.2) is 38.6 Å². The molecule has 4 heteroatoms. The summed E-state index contributed by atoms with van der Waals surface area (Å²) < 4.78 is 16.0. The molecule has 0 fully saturated rings. The van der Waals surface area contributed by atoms with E-state index in [0.717, 1.165) is 17.7 Å². The number of methoxy groups -OCH3 is 1. The molecule has 19 heavy (non-hydrogen) atoms. The monoisotopic (exact) mass is 268 g/mol. The minimum absolute atomic E-state index is 0.473. The third-order valence-corrected chi connectivity index (χ3v) is 2.79. The van der Waals surface area contributed by atoms with Gasteiger partial charge in [-0.2, -0.15) is 0 Å². The van der Waals surface area contributed by atoms with Crippen LogP contribution in [0.2, 0.25) is 0 Å². The van der Waals surface area contributed by atoms with E-state index in [1.807, 2.05) is 31.2 Å². The number of ether oxygens (including phenoxy) is 3. The number of hydrogen-bond acceptors (Lipinski definition) is 4. The third-order valence-electron chi connectivity index (χ3n) is 2.79. The van der Waals surface area contributed by atoms with Gasteiger partial charge in [-0.25, -0.2) is 0 Å². The number of rotatable bonds is 10. The fourth-order valence-corrected chi connectivity index (χ4v) is 1.73. The van der Waals surface area contributed by atoms with E-state index in [9.17, 15) is 5.11 Å². The van der Waals surface area contributed by atoms with E-state index in [1.54, 1.807) is 7.11 Å². The quantitative estimate of drug-likeness (QED) is 0.663. The minimum atomic E-state index is -0.473. The largest absolute Gasteiger partial charge is 0.491 e. The summed E-state index contributed by atoms with van der Waals surface area (Å²) in [7, 11) is 1.68. The molecule has 1 rings (SSSR count). The van der Waals surface area contributed by atoms with Crippen LogP contribution in [0, 0.1) is 0 Å². The van der Waals surface area contributed by atoms with Gasteiger partial charge >= 0.3 is 0 Å². The summed E-state index contributed by atoms with van der Waals surface area (Å²) in [6.07, 6.45) is 1.09. The number of aliphatic hydroxyl groups excluding tert-OH is 1. The minimum Gasteiger partial charge on any atom is -0.491 e. The standard InChI is InChI=1S/C15H24O4/c1-3-14(16)13-7-4-5-8-15(13)19-12-11-18-10-6-9-17-2/h4-5,7-8,14,16H,3,6,9-12H2,1-2H3/t14-/m0/s1. The topological polar surface area (TPSA) is 47.9 Å². The van der Waals surface area contributed by atoms with Crippen molar-refractivity contribution in [2.75, 3.05) is 33.5 Å². The van der Waals surface area contributed by atoms with Crippen molar-refractivity contribution in [3.05, 3.63) is 29.8 Å². The Balaban J connectivity index is 2.29. The van der Waals surface area contributed by atoms with Gasteiger partial charge in [0.15, 0.2) is 0 Å². The van der Waals surface area contributed by atoms with Gasteiger partial charge in [0.2, 0.25) is 0 Å². The zero-order valence-electron chi connectivity index (χ0n) is 11.8. The van der Waals surface area contributed by atoms with Crippen LogP contribution >= 0.6 is 0 Å². The molecule has 0 heterocycles. The maximum atomic E-state index is 9.88. The van der Waals surface area contributed by atoms with Crippen molar-refractivity contribution < 1.29 is 19.3 Å². The SMILES string of the molecule is CC[C@H](O)c1ccccc1OCCOCCCOC. The van der Waals surface area contributed by atoms with Gasteiger partial charge < -0.3 is 19.3 Å². The van der Waals surface area contributed by atoms with E-state index in [-0.39, 0.29) is 0 Å². The number of hydrogen-bond donors (Lipinski definition) is 1. The molecule has 1 aromatic rings. The summed E-state index contributed by atoms with van der Waals surface area (Å²) >= 11 is 0. The fraction of sp³-hybridized carbons (Fsp3) is 0.600. The molecule has 1 atom stereocenters. The third kappa shape index (κ3) is 6.05. The van der Waals surface area contributed by atoms with Gasteiger partial charge in [-0.1, -0.05) is 25.1 Å². The molecule has 4 nitrogen and oxygen atoms in total. The van der Waals surface area contributed by atoms with E-state index in [4.69, 9.17) is 14.2 Å². The number of aliphatic hydroxyl groups is 1. The molecule has 0 saturated carbocycles. The summed E-state index contributed by atoms with van der Waals surface area (Å²) in [5, 5.41) is 9.88. The maximum Gasteiger partial charge on any atom is 0.125 e. The first-order chi connectivity index (χ1) is 9.29. The molecule has 1 N–H and O–H groups in total. The van der Waals surface area contributed by atoms with Gasteiger partial charge in [-0.15, -0.1) is 0 Å². The van der Waals surface area contributed by atoms with Crippen molar-refractivity contribution >= 4 is 0 Å². The van der Waals surface area contributed by atoms with Crippen molar-refractivity contribution in [3.8, 4) is 5.75 Å². The van der Waals surface area contributed by atoms with Crippen molar-refractivity contribution in [3.63, 3.8) is 0 Å². The molecular weight excluding hydrogens is 244 g/mol. The van der Waals surface area contributed by atoms with Gasteiger partial charge in [-0.3, -0.25) is 0 Å². The summed E-state index contributed by atoms with van der Waals surface area (Å²) in [4.78, 5) is 0. The maximum absolute atomic E-state index is 9.88. The predicted octanol–water partition coefficient (Wildman–Crippen LogP) is 2.56. The van der Waals surface area contributed by atoms with Crippen molar-refractivity contribution in [1.29, 1.82) is 0 Å². The van der Waals surface area contributed by atoms with Crippen molar-refractivity contribution in [2.45, 2.75) is 25.9 Å². The van der Waals surface area contributed by atoms with Crippen LogP contribution in [0.25, 0.3) is 0 Å². The van der Waals surface area contributed by atoms with E-state index >= 15 is 0 Å². The molecule has 0 bridgehead atoms. The van der Waals surface area contributed by atoms with Gasteiger partial charge in [0.1, 0.15) is 12.4 Å². The Bertz CT molecular complexity index is 341. The fourth-order valence-electron chi connectivity index (χ4n) is 1.73. The molecule has 1 aromatic carbocycles. The van der Waals surface area contributed by atoms with Gasteiger partial charge in [0.25, 0.3) is 0 Å². The Morgan fingerprint density at radius 3 is 2.63 bits per heavy atom. The molecule has 0 spiro atoms. The lowest BCUT2D eigenvalue weighted by Crippen LogP contribution is -2.10. The Hall–Kier alpha value is -1.10. The lowest BCUT2D eigenvalue weighted by molar-refractivity contribution is 0.0792. The van der Waals surface area contributed by atoms with Crippen molar-refractivity contribution in [1.82, 2.24) is 0 Å². The molecular formula is C15H24O4. The van der Waals surface area contributed by atoms with Crippen LogP contribution in [0.5, 0.6) is 5.75 Å². The van der Waals surface area contributed by atoms with Gasteiger partial charge in [0, 0.05) is 25.9 Å². The lowest BCUT2D eigenvalue weighted by Gasteiger charge is -2.14. The van der Waals surface area contributed by atoms with Crippen LogP contribution in [0.15, 0.2) is 24.3 Å². The second-order valence-corrected chi connectivity index (χ2v) is 4.27. The lowest BCUT2D eigenvalue weighted by atomic mass is 10.1. The first kappa shape index (κ1) is 16.0. The predicted molar refractivity (Wildman–Crippen MR) is 74.5 cm³/mol. The molecule has 0 amide bonds. The highest BCUT2D eigenvalue weighted by molar-refractivity contribution is 5.34. The van der Waals surface area contributed by atoms with E-state index in [2.05, 4.69) is 0 Å². The van der Waals surface area contributed by atoms with E-state index in [0.29, 0.717) is 32.8 Å². The van der Waals surface area contributed by atoms with Crippen LogP contribution in [0.1, 0.15) is 31.4 Å².